The number of phenolic OH excluding ortho intramolecular Hbond substituents is 1. The zero-order valence-corrected chi connectivity index (χ0v) is 16.0. The molecule has 1 heterocycles. The zero-order valence-electron chi connectivity index (χ0n) is 15.2. The van der Waals surface area contributed by atoms with Gasteiger partial charge in [-0.15, -0.1) is 0 Å². The van der Waals surface area contributed by atoms with E-state index in [4.69, 9.17) is 9.31 Å². The van der Waals surface area contributed by atoms with Crippen molar-refractivity contribution in [2.75, 3.05) is 5.75 Å². The Kier molecular flexibility index (Phi) is 5.52. The van der Waals surface area contributed by atoms with Crippen molar-refractivity contribution in [2.24, 2.45) is 0 Å². The van der Waals surface area contributed by atoms with Gasteiger partial charge in [0.2, 0.25) is 0 Å². The Morgan fingerprint density at radius 3 is 2.33 bits per heavy atom. The van der Waals surface area contributed by atoms with Crippen LogP contribution in [0.25, 0.3) is 6.08 Å². The van der Waals surface area contributed by atoms with Crippen LogP contribution in [-0.2, 0) is 14.1 Å². The van der Waals surface area contributed by atoms with Gasteiger partial charge in [0.1, 0.15) is 5.75 Å². The Morgan fingerprint density at radius 1 is 1.25 bits per heavy atom. The van der Waals surface area contributed by atoms with Gasteiger partial charge < -0.3 is 14.4 Å². The highest BCUT2D eigenvalue weighted by Gasteiger charge is 2.52. The maximum absolute atomic E-state index is 11.4. The van der Waals surface area contributed by atoms with E-state index >= 15 is 0 Å². The number of hydrogen-bond donors (Lipinski definition) is 1. The molecule has 0 amide bonds. The molecule has 0 saturated carbocycles. The molecule has 1 aromatic carbocycles. The Hall–Kier alpha value is -1.24. The summed E-state index contributed by atoms with van der Waals surface area (Å²) in [6.45, 7) is 11.4. The largest absolute Gasteiger partial charge is 0.508 e. The molecule has 0 spiro atoms. The van der Waals surface area contributed by atoms with Crippen molar-refractivity contribution in [2.45, 2.75) is 52.7 Å². The number of thioether (sulfide) groups is 1. The summed E-state index contributed by atoms with van der Waals surface area (Å²) in [6, 6.07) is 5.41. The summed E-state index contributed by atoms with van der Waals surface area (Å²) in [7, 11) is -0.490. The molecule has 0 radical (unpaired) electrons. The fourth-order valence-corrected chi connectivity index (χ4v) is 2.93. The van der Waals surface area contributed by atoms with Gasteiger partial charge in [-0.05, 0) is 63.4 Å². The Morgan fingerprint density at radius 2 is 1.83 bits per heavy atom. The van der Waals surface area contributed by atoms with Crippen LogP contribution in [0.15, 0.2) is 23.7 Å². The number of aryl methyl sites for hydroxylation is 1. The molecule has 2 rings (SSSR count). The summed E-state index contributed by atoms with van der Waals surface area (Å²) in [5.41, 5.74) is 1.79. The average molecular weight is 348 g/mol. The molecule has 0 bridgehead atoms. The number of phenols is 1. The molecule has 130 valence electrons. The second-order valence-corrected chi connectivity index (χ2v) is 8.29. The maximum atomic E-state index is 11.4. The molecule has 1 aliphatic rings. The van der Waals surface area contributed by atoms with Crippen molar-refractivity contribution in [1.82, 2.24) is 0 Å². The van der Waals surface area contributed by atoms with Crippen LogP contribution in [-0.4, -0.2) is 34.3 Å². The lowest BCUT2D eigenvalue weighted by molar-refractivity contribution is -0.109. The van der Waals surface area contributed by atoms with Crippen molar-refractivity contribution >= 4 is 30.1 Å². The van der Waals surface area contributed by atoms with E-state index in [1.54, 1.807) is 13.0 Å². The molecular formula is C18H25BO4S. The maximum Gasteiger partial charge on any atom is 0.491 e. The highest BCUT2D eigenvalue weighted by Crippen LogP contribution is 2.39. The third kappa shape index (κ3) is 4.24. The number of benzene rings is 1. The third-order valence-electron chi connectivity index (χ3n) is 4.57. The topological polar surface area (TPSA) is 55.8 Å². The minimum atomic E-state index is -0.490. The highest BCUT2D eigenvalue weighted by atomic mass is 32.2. The van der Waals surface area contributed by atoms with Gasteiger partial charge in [-0.3, -0.25) is 4.79 Å². The zero-order chi connectivity index (χ0) is 18.1. The van der Waals surface area contributed by atoms with Gasteiger partial charge in [0.25, 0.3) is 0 Å². The first-order chi connectivity index (χ1) is 11.0. The first-order valence-electron chi connectivity index (χ1n) is 8.01. The highest BCUT2D eigenvalue weighted by molar-refractivity contribution is 8.13. The van der Waals surface area contributed by atoms with Gasteiger partial charge in [0.15, 0.2) is 5.12 Å². The number of carbonyl (C=O) groups excluding carboxylic acids is 1. The standard InChI is InChI=1S/C18H25BO4S/c1-12-9-14(7-8-16(12)21)10-15(11-24-13(2)20)19-22-17(3,4)18(5,6)23-19/h7-10,21H,11H2,1-6H3. The van der Waals surface area contributed by atoms with Crippen LogP contribution in [0.4, 0.5) is 0 Å². The summed E-state index contributed by atoms with van der Waals surface area (Å²) in [5, 5.41) is 9.74. The minimum absolute atomic E-state index is 0.0549. The lowest BCUT2D eigenvalue weighted by Gasteiger charge is -2.32. The predicted octanol–water partition coefficient (Wildman–Crippen LogP) is 4.00. The minimum Gasteiger partial charge on any atom is -0.508 e. The SMILES string of the molecule is CC(=O)SCC(=Cc1ccc(O)c(C)c1)B1OC(C)(C)C(C)(C)O1. The molecule has 1 fully saturated rings. The molecule has 1 saturated heterocycles. The van der Waals surface area contributed by atoms with E-state index in [2.05, 4.69) is 0 Å². The van der Waals surface area contributed by atoms with E-state index in [0.717, 1.165) is 16.6 Å². The van der Waals surface area contributed by atoms with Crippen molar-refractivity contribution in [3.8, 4) is 5.75 Å². The van der Waals surface area contributed by atoms with Crippen molar-refractivity contribution in [3.63, 3.8) is 0 Å². The third-order valence-corrected chi connectivity index (χ3v) is 5.46. The summed E-state index contributed by atoms with van der Waals surface area (Å²) < 4.78 is 12.2. The predicted molar refractivity (Wildman–Crippen MR) is 100 cm³/mol. The molecule has 1 N–H and O–H groups in total. The molecule has 1 aromatic rings. The number of carbonyl (C=O) groups is 1. The molecule has 24 heavy (non-hydrogen) atoms. The molecular weight excluding hydrogens is 323 g/mol. The van der Waals surface area contributed by atoms with Gasteiger partial charge in [0.05, 0.1) is 11.2 Å². The summed E-state index contributed by atoms with van der Waals surface area (Å²) >= 11 is 1.24. The van der Waals surface area contributed by atoms with Crippen LogP contribution in [0.5, 0.6) is 5.75 Å². The van der Waals surface area contributed by atoms with E-state index in [1.807, 2.05) is 52.8 Å². The average Bonchev–Trinajstić information content (AvgIpc) is 2.67. The normalized spacial score (nSPS) is 19.6. The van der Waals surface area contributed by atoms with Gasteiger partial charge in [-0.1, -0.05) is 23.9 Å². The number of aromatic hydroxyl groups is 1. The molecule has 1 aliphatic heterocycles. The van der Waals surface area contributed by atoms with Crippen molar-refractivity contribution in [3.05, 3.63) is 34.8 Å². The molecule has 0 atom stereocenters. The van der Waals surface area contributed by atoms with Gasteiger partial charge >= 0.3 is 7.12 Å². The van der Waals surface area contributed by atoms with Crippen LogP contribution < -0.4 is 0 Å². The lowest BCUT2D eigenvalue weighted by atomic mass is 9.78. The Balaban J connectivity index is 2.33. The van der Waals surface area contributed by atoms with Gasteiger partial charge in [-0.2, -0.15) is 0 Å². The van der Waals surface area contributed by atoms with Crippen LogP contribution >= 0.6 is 11.8 Å². The lowest BCUT2D eigenvalue weighted by Crippen LogP contribution is -2.41. The molecule has 0 aliphatic carbocycles. The molecule has 6 heteroatoms. The monoisotopic (exact) mass is 348 g/mol. The Bertz CT molecular complexity index is 651. The van der Waals surface area contributed by atoms with E-state index in [0.29, 0.717) is 5.75 Å². The number of hydrogen-bond acceptors (Lipinski definition) is 5. The van der Waals surface area contributed by atoms with Crippen LogP contribution in [0.1, 0.15) is 45.7 Å². The Labute approximate surface area is 148 Å². The summed E-state index contributed by atoms with van der Waals surface area (Å²) in [4.78, 5) is 11.4. The van der Waals surface area contributed by atoms with Crippen LogP contribution in [0.3, 0.4) is 0 Å². The second kappa shape index (κ2) is 6.94. The van der Waals surface area contributed by atoms with E-state index < -0.39 is 18.3 Å². The molecule has 4 nitrogen and oxygen atoms in total. The van der Waals surface area contributed by atoms with Crippen LogP contribution in [0, 0.1) is 6.92 Å². The fourth-order valence-electron chi connectivity index (χ4n) is 2.34. The first kappa shape index (κ1) is 19.1. The smallest absolute Gasteiger partial charge is 0.491 e. The van der Waals surface area contributed by atoms with E-state index in [1.165, 1.54) is 11.8 Å². The van der Waals surface area contributed by atoms with Gasteiger partial charge in [-0.25, -0.2) is 0 Å². The number of rotatable bonds is 4. The van der Waals surface area contributed by atoms with Crippen molar-refractivity contribution < 1.29 is 19.2 Å². The molecule has 0 aromatic heterocycles. The van der Waals surface area contributed by atoms with Crippen molar-refractivity contribution in [1.29, 1.82) is 0 Å². The van der Waals surface area contributed by atoms with Crippen LogP contribution in [0.2, 0.25) is 0 Å². The quantitative estimate of drug-likeness (QED) is 0.834. The first-order valence-corrected chi connectivity index (χ1v) is 8.99. The summed E-state index contributed by atoms with van der Waals surface area (Å²) in [6.07, 6.45) is 1.98. The second-order valence-electron chi connectivity index (χ2n) is 7.13. The van der Waals surface area contributed by atoms with E-state index in [9.17, 15) is 9.90 Å². The fraction of sp³-hybridized carbons (Fsp3) is 0.500. The van der Waals surface area contributed by atoms with E-state index in [-0.39, 0.29) is 10.9 Å². The molecule has 0 unspecified atom stereocenters. The summed E-state index contributed by atoms with van der Waals surface area (Å²) in [5.74, 6) is 0.772. The van der Waals surface area contributed by atoms with Gasteiger partial charge in [0, 0.05) is 12.7 Å².